The van der Waals surface area contributed by atoms with Gasteiger partial charge in [0.2, 0.25) is 0 Å². The van der Waals surface area contributed by atoms with E-state index in [9.17, 15) is 43.8 Å². The number of allylic oxidation sites excluding steroid dienone is 22. The summed E-state index contributed by atoms with van der Waals surface area (Å²) in [7, 11) is -9.62. The molecule has 0 aliphatic carbocycles. The molecule has 0 spiro atoms. The quantitative estimate of drug-likeness (QED) is 0.0165. The first-order valence-corrected chi connectivity index (χ1v) is 28.5. The van der Waals surface area contributed by atoms with Gasteiger partial charge in [0, 0.05) is 12.8 Å². The highest BCUT2D eigenvalue weighted by Gasteiger charge is 2.28. The molecule has 0 heterocycles. The third-order valence-corrected chi connectivity index (χ3v) is 11.5. The van der Waals surface area contributed by atoms with E-state index in [1.165, 1.54) is 0 Å². The van der Waals surface area contributed by atoms with Crippen LogP contribution in [0.5, 0.6) is 0 Å². The molecule has 17 heteroatoms. The summed E-state index contributed by atoms with van der Waals surface area (Å²) >= 11 is 0. The van der Waals surface area contributed by atoms with E-state index in [0.717, 1.165) is 103 Å². The van der Waals surface area contributed by atoms with Crippen LogP contribution >= 0.6 is 15.6 Å². The number of carbonyl (C=O) groups is 2. The fourth-order valence-electron chi connectivity index (χ4n) is 5.71. The normalized spacial score (nSPS) is 15.9. The van der Waals surface area contributed by atoms with E-state index in [2.05, 4.69) is 166 Å². The molecule has 15 nitrogen and oxygen atoms in total. The minimum atomic E-state index is -4.81. The van der Waals surface area contributed by atoms with E-state index in [0.29, 0.717) is 12.8 Å². The van der Waals surface area contributed by atoms with Crippen molar-refractivity contribution in [3.63, 3.8) is 0 Å². The van der Waals surface area contributed by atoms with E-state index in [1.54, 1.807) is 0 Å². The molecule has 5 N–H and O–H groups in total. The van der Waals surface area contributed by atoms with Crippen molar-refractivity contribution in [2.45, 2.75) is 161 Å². The highest BCUT2D eigenvalue weighted by Crippen LogP contribution is 2.45. The number of esters is 2. The molecule has 0 aliphatic rings. The predicted octanol–water partition coefficient (Wildman–Crippen LogP) is 12.4. The van der Waals surface area contributed by atoms with Crippen LogP contribution in [0.4, 0.5) is 0 Å². The lowest BCUT2D eigenvalue weighted by Crippen LogP contribution is -2.25. The average Bonchev–Trinajstić information content (AvgIpc) is 3.36. The van der Waals surface area contributed by atoms with Gasteiger partial charge in [0.25, 0.3) is 0 Å². The molecular formula is C55H88O15P2. The summed E-state index contributed by atoms with van der Waals surface area (Å²) in [6.07, 6.45) is 58.6. The molecule has 0 aromatic rings. The van der Waals surface area contributed by atoms with Crippen LogP contribution in [0.15, 0.2) is 134 Å². The molecule has 408 valence electrons. The van der Waals surface area contributed by atoms with Gasteiger partial charge in [-0.3, -0.25) is 27.7 Å². The first kappa shape index (κ1) is 68.2. The number of rotatable bonds is 47. The van der Waals surface area contributed by atoms with Gasteiger partial charge in [-0.15, -0.1) is 0 Å². The van der Waals surface area contributed by atoms with Crippen molar-refractivity contribution in [1.29, 1.82) is 0 Å². The van der Waals surface area contributed by atoms with Crippen LogP contribution in [0.1, 0.15) is 142 Å². The highest BCUT2D eigenvalue weighted by atomic mass is 31.2. The number of hydrogen-bond acceptors (Lipinski definition) is 13. The van der Waals surface area contributed by atoms with Crippen LogP contribution in [0, 0.1) is 0 Å². The van der Waals surface area contributed by atoms with E-state index in [4.69, 9.17) is 9.47 Å². The van der Waals surface area contributed by atoms with Crippen molar-refractivity contribution >= 4 is 27.6 Å². The Balaban J connectivity index is 3.98. The second-order valence-electron chi connectivity index (χ2n) is 16.4. The van der Waals surface area contributed by atoms with Crippen molar-refractivity contribution in [3.8, 4) is 0 Å². The molecule has 0 saturated carbocycles. The SMILES string of the molecule is CC/C=C\C/C=C\C/C=C\C/C=C\C/C=C\C/C=C\CCCCC(=O)OCC(O)COP(=O)(O)OCC(O)COP(=O)(O)OCC(O)COC(=O)CCCCC/C=C\C/C=C\C/C=C\C/C=C\C/C=C\CC. The van der Waals surface area contributed by atoms with E-state index in [1.807, 2.05) is 0 Å². The molecule has 5 atom stereocenters. The lowest BCUT2D eigenvalue weighted by Gasteiger charge is -2.19. The minimum absolute atomic E-state index is 0.133. The van der Waals surface area contributed by atoms with Crippen LogP contribution in [-0.2, 0) is 46.3 Å². The third-order valence-electron chi connectivity index (χ3n) is 9.60. The number of ether oxygens (including phenoxy) is 2. The number of phosphoric ester groups is 2. The molecule has 0 rings (SSSR count). The number of aliphatic hydroxyl groups excluding tert-OH is 3. The van der Waals surface area contributed by atoms with Gasteiger partial charge in [0.15, 0.2) is 0 Å². The number of hydrogen-bond donors (Lipinski definition) is 5. The molecule has 0 amide bonds. The number of aliphatic hydroxyl groups is 3. The first-order valence-electron chi connectivity index (χ1n) is 25.5. The summed E-state index contributed by atoms with van der Waals surface area (Å²) < 4.78 is 53.0. The summed E-state index contributed by atoms with van der Waals surface area (Å²) in [4.78, 5) is 43.8. The smallest absolute Gasteiger partial charge is 0.463 e. The highest BCUT2D eigenvalue weighted by molar-refractivity contribution is 7.47. The molecule has 0 bridgehead atoms. The number of unbranched alkanes of at least 4 members (excludes halogenated alkanes) is 5. The lowest BCUT2D eigenvalue weighted by atomic mass is 10.1. The second kappa shape index (κ2) is 49.4. The Morgan fingerprint density at radius 1 is 0.361 bits per heavy atom. The Labute approximate surface area is 431 Å². The Morgan fingerprint density at radius 3 is 0.889 bits per heavy atom. The van der Waals surface area contributed by atoms with Crippen molar-refractivity contribution in [1.82, 2.24) is 0 Å². The van der Waals surface area contributed by atoms with Gasteiger partial charge in [-0.05, 0) is 109 Å². The Morgan fingerprint density at radius 2 is 0.597 bits per heavy atom. The molecule has 0 aromatic carbocycles. The molecule has 0 radical (unpaired) electrons. The van der Waals surface area contributed by atoms with Crippen molar-refractivity contribution in [3.05, 3.63) is 134 Å². The zero-order chi connectivity index (χ0) is 53.1. The molecule has 0 aromatic heterocycles. The summed E-state index contributed by atoms with van der Waals surface area (Å²) in [5, 5.41) is 30.1. The summed E-state index contributed by atoms with van der Waals surface area (Å²) in [5.41, 5.74) is 0. The van der Waals surface area contributed by atoms with Crippen molar-refractivity contribution in [2.75, 3.05) is 39.6 Å². The Kier molecular flexibility index (Phi) is 46.8. The predicted molar refractivity (Wildman–Crippen MR) is 288 cm³/mol. The topological polar surface area (TPSA) is 225 Å². The van der Waals surface area contributed by atoms with Crippen LogP contribution in [-0.4, -0.2) is 95.0 Å². The van der Waals surface area contributed by atoms with Gasteiger partial charge in [0.1, 0.15) is 31.5 Å². The van der Waals surface area contributed by atoms with Gasteiger partial charge >= 0.3 is 27.6 Å². The van der Waals surface area contributed by atoms with Crippen LogP contribution in [0.2, 0.25) is 0 Å². The maximum Gasteiger partial charge on any atom is 0.472 e. The van der Waals surface area contributed by atoms with E-state index in [-0.39, 0.29) is 12.8 Å². The van der Waals surface area contributed by atoms with E-state index >= 15 is 0 Å². The summed E-state index contributed by atoms with van der Waals surface area (Å²) in [6, 6.07) is 0. The van der Waals surface area contributed by atoms with Crippen LogP contribution in [0.3, 0.4) is 0 Å². The molecule has 72 heavy (non-hydrogen) atoms. The average molecular weight is 1050 g/mol. The van der Waals surface area contributed by atoms with Gasteiger partial charge in [-0.1, -0.05) is 154 Å². The standard InChI is InChI=1S/C55H88O15P2/c1-3-5-7-9-11-13-15-17-19-21-23-24-26-28-30-32-34-36-38-40-42-44-55(60)66-46-52(57)48-68-72(63,64)70-50-53(58)49-69-71(61,62)67-47-51(56)45-65-54(59)43-41-39-37-35-33-31-29-27-25-22-20-18-16-14-12-10-8-6-4-2/h5-8,11-14,17-20,23-25,27-28,30-31,33-34,36,51-53,56-58H,3-4,9-10,15-16,21-22,26,29,32,35,37-50H2,1-2H3,(H,61,62)(H,63,64)/b7-5-,8-6-,13-11-,14-12-,19-17-,20-18-,24-23-,27-25-,30-28-,33-31-,36-34-. The van der Waals surface area contributed by atoms with Gasteiger partial charge < -0.3 is 34.6 Å². The monoisotopic (exact) mass is 1050 g/mol. The Hall–Kier alpha value is -3.82. The Bertz CT molecular complexity index is 1790. The van der Waals surface area contributed by atoms with Gasteiger partial charge in [0.05, 0.1) is 26.4 Å². The van der Waals surface area contributed by atoms with Gasteiger partial charge in [-0.2, -0.15) is 0 Å². The van der Waals surface area contributed by atoms with Crippen LogP contribution < -0.4 is 0 Å². The molecule has 0 saturated heterocycles. The maximum atomic E-state index is 12.2. The van der Waals surface area contributed by atoms with Gasteiger partial charge in [-0.25, -0.2) is 9.13 Å². The van der Waals surface area contributed by atoms with Crippen LogP contribution in [0.25, 0.3) is 0 Å². The molecular weight excluding hydrogens is 963 g/mol. The third kappa shape index (κ3) is 51.1. The fourth-order valence-corrected chi connectivity index (χ4v) is 7.30. The van der Waals surface area contributed by atoms with Crippen molar-refractivity contribution in [2.24, 2.45) is 0 Å². The summed E-state index contributed by atoms with van der Waals surface area (Å²) in [6.45, 7) is 0.0649. The zero-order valence-corrected chi connectivity index (χ0v) is 44.8. The van der Waals surface area contributed by atoms with Crippen molar-refractivity contribution < 1.29 is 71.4 Å². The fraction of sp³-hybridized carbons (Fsp3) is 0.564. The molecule has 5 unspecified atom stereocenters. The number of phosphoric acid groups is 2. The van der Waals surface area contributed by atoms with E-state index < -0.39 is 85.5 Å². The molecule has 0 aliphatic heterocycles. The largest absolute Gasteiger partial charge is 0.472 e. The number of carbonyl (C=O) groups excluding carboxylic acids is 2. The first-order chi connectivity index (χ1) is 34.8. The minimum Gasteiger partial charge on any atom is -0.463 e. The lowest BCUT2D eigenvalue weighted by molar-refractivity contribution is -0.148. The maximum absolute atomic E-state index is 12.2. The zero-order valence-electron chi connectivity index (χ0n) is 43.0. The summed E-state index contributed by atoms with van der Waals surface area (Å²) in [5.74, 6) is -1.08. The second-order valence-corrected chi connectivity index (χ2v) is 19.3. The molecule has 0 fully saturated rings.